The van der Waals surface area contributed by atoms with Crippen LogP contribution in [0.5, 0.6) is 0 Å². The molecule has 0 unspecified atom stereocenters. The minimum absolute atomic E-state index is 0.162. The van der Waals surface area contributed by atoms with E-state index < -0.39 is 5.97 Å². The number of fused-ring (bicyclic) bond motifs is 1. The van der Waals surface area contributed by atoms with Gasteiger partial charge in [-0.1, -0.05) is 0 Å². The summed E-state index contributed by atoms with van der Waals surface area (Å²) in [6.07, 6.45) is 2.47. The summed E-state index contributed by atoms with van der Waals surface area (Å²) >= 11 is 0. The highest BCUT2D eigenvalue weighted by Crippen LogP contribution is 2.24. The number of hydrogen-bond acceptors (Lipinski definition) is 2. The first kappa shape index (κ1) is 10.7. The largest absolute Gasteiger partial charge is 0.481 e. The Morgan fingerprint density at radius 1 is 1.56 bits per heavy atom. The summed E-state index contributed by atoms with van der Waals surface area (Å²) in [7, 11) is 1.95. The average Bonchev–Trinajstić information content (AvgIpc) is 2.50. The van der Waals surface area contributed by atoms with E-state index in [2.05, 4.69) is 4.98 Å². The smallest absolute Gasteiger partial charge is 0.303 e. The summed E-state index contributed by atoms with van der Waals surface area (Å²) in [6, 6.07) is 3.87. The predicted molar refractivity (Wildman–Crippen MR) is 61.4 cm³/mol. The molecule has 0 spiro atoms. The maximum absolute atomic E-state index is 10.6. The molecular weight excluding hydrogens is 204 g/mol. The second-order valence-electron chi connectivity index (χ2n) is 3.89. The van der Waals surface area contributed by atoms with Gasteiger partial charge in [0.15, 0.2) is 0 Å². The molecule has 4 heteroatoms. The monoisotopic (exact) mass is 218 g/mol. The van der Waals surface area contributed by atoms with Gasteiger partial charge in [0.2, 0.25) is 0 Å². The molecule has 2 aromatic rings. The molecule has 16 heavy (non-hydrogen) atoms. The molecule has 0 amide bonds. The van der Waals surface area contributed by atoms with Crippen molar-refractivity contribution >= 4 is 17.0 Å². The molecule has 2 heterocycles. The molecule has 0 aromatic carbocycles. The van der Waals surface area contributed by atoms with Gasteiger partial charge in [0, 0.05) is 30.7 Å². The SMILES string of the molecule is Cc1c(CCC(=O)O)c2cccnc2n1C. The van der Waals surface area contributed by atoms with E-state index in [1.54, 1.807) is 6.20 Å². The van der Waals surface area contributed by atoms with Crippen LogP contribution in [0.3, 0.4) is 0 Å². The summed E-state index contributed by atoms with van der Waals surface area (Å²) < 4.78 is 2.01. The minimum atomic E-state index is -0.764. The zero-order chi connectivity index (χ0) is 11.7. The standard InChI is InChI=1S/C12H14N2O2/c1-8-9(5-6-11(15)16)10-4-3-7-13-12(10)14(8)2/h3-4,7H,5-6H2,1-2H3,(H,15,16). The van der Waals surface area contributed by atoms with Crippen LogP contribution in [-0.4, -0.2) is 20.6 Å². The van der Waals surface area contributed by atoms with Crippen molar-refractivity contribution < 1.29 is 9.90 Å². The van der Waals surface area contributed by atoms with Crippen molar-refractivity contribution in [3.05, 3.63) is 29.6 Å². The zero-order valence-corrected chi connectivity index (χ0v) is 9.40. The third-order valence-corrected chi connectivity index (χ3v) is 2.96. The molecule has 84 valence electrons. The minimum Gasteiger partial charge on any atom is -0.481 e. The summed E-state index contributed by atoms with van der Waals surface area (Å²) in [5, 5.41) is 9.78. The molecule has 1 N–H and O–H groups in total. The molecule has 0 aliphatic carbocycles. The van der Waals surface area contributed by atoms with E-state index in [1.165, 1.54) is 0 Å². The topological polar surface area (TPSA) is 55.1 Å². The van der Waals surface area contributed by atoms with E-state index in [9.17, 15) is 4.79 Å². The second kappa shape index (κ2) is 3.96. The molecule has 0 aliphatic rings. The van der Waals surface area contributed by atoms with Gasteiger partial charge in [0.05, 0.1) is 0 Å². The van der Waals surface area contributed by atoms with Crippen LogP contribution < -0.4 is 0 Å². The van der Waals surface area contributed by atoms with E-state index in [-0.39, 0.29) is 6.42 Å². The highest BCUT2D eigenvalue weighted by molar-refractivity contribution is 5.82. The van der Waals surface area contributed by atoms with Gasteiger partial charge in [-0.15, -0.1) is 0 Å². The van der Waals surface area contributed by atoms with Crippen molar-refractivity contribution in [3.8, 4) is 0 Å². The van der Waals surface area contributed by atoms with E-state index in [1.807, 2.05) is 30.7 Å². The van der Waals surface area contributed by atoms with Crippen molar-refractivity contribution in [1.29, 1.82) is 0 Å². The van der Waals surface area contributed by atoms with Crippen LogP contribution in [-0.2, 0) is 18.3 Å². The number of carboxylic acid groups (broad SMARTS) is 1. The first-order chi connectivity index (χ1) is 7.61. The van der Waals surface area contributed by atoms with Crippen LogP contribution in [0.25, 0.3) is 11.0 Å². The van der Waals surface area contributed by atoms with Gasteiger partial charge in [-0.25, -0.2) is 4.98 Å². The van der Waals surface area contributed by atoms with Crippen molar-refractivity contribution in [2.45, 2.75) is 19.8 Å². The first-order valence-electron chi connectivity index (χ1n) is 5.22. The second-order valence-corrected chi connectivity index (χ2v) is 3.89. The Morgan fingerprint density at radius 2 is 2.31 bits per heavy atom. The zero-order valence-electron chi connectivity index (χ0n) is 9.40. The lowest BCUT2D eigenvalue weighted by Crippen LogP contribution is -1.99. The molecule has 2 rings (SSSR count). The number of pyridine rings is 1. The van der Waals surface area contributed by atoms with Crippen LogP contribution in [0.1, 0.15) is 17.7 Å². The average molecular weight is 218 g/mol. The fourth-order valence-corrected chi connectivity index (χ4v) is 2.00. The molecular formula is C12H14N2O2. The Hall–Kier alpha value is -1.84. The van der Waals surface area contributed by atoms with Gasteiger partial charge < -0.3 is 9.67 Å². The summed E-state index contributed by atoms with van der Waals surface area (Å²) in [6.45, 7) is 2.00. The van der Waals surface area contributed by atoms with Crippen LogP contribution in [0.2, 0.25) is 0 Å². The van der Waals surface area contributed by atoms with Crippen LogP contribution in [0.15, 0.2) is 18.3 Å². The van der Waals surface area contributed by atoms with E-state index in [4.69, 9.17) is 5.11 Å². The Kier molecular flexibility index (Phi) is 2.64. The number of rotatable bonds is 3. The van der Waals surface area contributed by atoms with E-state index in [0.29, 0.717) is 6.42 Å². The van der Waals surface area contributed by atoms with Gasteiger partial charge in [0.25, 0.3) is 0 Å². The molecule has 0 atom stereocenters. The van der Waals surface area contributed by atoms with Crippen molar-refractivity contribution in [1.82, 2.24) is 9.55 Å². The Labute approximate surface area is 93.5 Å². The van der Waals surface area contributed by atoms with Crippen LogP contribution in [0, 0.1) is 6.92 Å². The quantitative estimate of drug-likeness (QED) is 0.856. The van der Waals surface area contributed by atoms with E-state index >= 15 is 0 Å². The van der Waals surface area contributed by atoms with Gasteiger partial charge in [-0.3, -0.25) is 4.79 Å². The highest BCUT2D eigenvalue weighted by atomic mass is 16.4. The third kappa shape index (κ3) is 1.66. The number of carbonyl (C=O) groups is 1. The van der Waals surface area contributed by atoms with Crippen molar-refractivity contribution in [2.75, 3.05) is 0 Å². The Balaban J connectivity index is 2.51. The lowest BCUT2D eigenvalue weighted by molar-refractivity contribution is -0.136. The third-order valence-electron chi connectivity index (χ3n) is 2.96. The maximum atomic E-state index is 10.6. The number of carboxylic acids is 1. The first-order valence-corrected chi connectivity index (χ1v) is 5.22. The summed E-state index contributed by atoms with van der Waals surface area (Å²) in [5.74, 6) is -0.764. The van der Waals surface area contributed by atoms with Crippen molar-refractivity contribution in [2.24, 2.45) is 7.05 Å². The number of nitrogens with zero attached hydrogens (tertiary/aromatic N) is 2. The number of aryl methyl sites for hydroxylation is 2. The summed E-state index contributed by atoms with van der Waals surface area (Å²) in [5.41, 5.74) is 3.10. The molecule has 0 fully saturated rings. The van der Waals surface area contributed by atoms with Crippen molar-refractivity contribution in [3.63, 3.8) is 0 Å². The Bertz CT molecular complexity index is 543. The Morgan fingerprint density at radius 3 is 3.00 bits per heavy atom. The molecule has 2 aromatic heterocycles. The molecule has 0 radical (unpaired) electrons. The van der Waals surface area contributed by atoms with Crippen LogP contribution >= 0.6 is 0 Å². The molecule has 0 bridgehead atoms. The molecule has 4 nitrogen and oxygen atoms in total. The number of aliphatic carboxylic acids is 1. The number of aromatic nitrogens is 2. The molecule has 0 saturated heterocycles. The van der Waals surface area contributed by atoms with Gasteiger partial charge in [-0.05, 0) is 31.0 Å². The van der Waals surface area contributed by atoms with Crippen LogP contribution in [0.4, 0.5) is 0 Å². The number of hydrogen-bond donors (Lipinski definition) is 1. The lowest BCUT2D eigenvalue weighted by Gasteiger charge is -1.99. The van der Waals surface area contributed by atoms with Gasteiger partial charge in [-0.2, -0.15) is 0 Å². The fourth-order valence-electron chi connectivity index (χ4n) is 2.00. The highest BCUT2D eigenvalue weighted by Gasteiger charge is 2.12. The maximum Gasteiger partial charge on any atom is 0.303 e. The van der Waals surface area contributed by atoms with E-state index in [0.717, 1.165) is 22.3 Å². The normalized spacial score (nSPS) is 10.9. The summed E-state index contributed by atoms with van der Waals surface area (Å²) in [4.78, 5) is 14.9. The fraction of sp³-hybridized carbons (Fsp3) is 0.333. The molecule has 0 aliphatic heterocycles. The lowest BCUT2D eigenvalue weighted by atomic mass is 10.1. The van der Waals surface area contributed by atoms with Gasteiger partial charge in [0.1, 0.15) is 5.65 Å². The molecule has 0 saturated carbocycles. The predicted octanol–water partition coefficient (Wildman–Crippen LogP) is 1.90. The van der Waals surface area contributed by atoms with Gasteiger partial charge >= 0.3 is 5.97 Å².